The van der Waals surface area contributed by atoms with Crippen LogP contribution < -0.4 is 5.73 Å². The van der Waals surface area contributed by atoms with Gasteiger partial charge in [-0.3, -0.25) is 0 Å². The highest BCUT2D eigenvalue weighted by molar-refractivity contribution is 4.92. The van der Waals surface area contributed by atoms with Crippen molar-refractivity contribution in [2.24, 2.45) is 5.73 Å². The lowest BCUT2D eigenvalue weighted by molar-refractivity contribution is 0.109. The summed E-state index contributed by atoms with van der Waals surface area (Å²) in [7, 11) is 0. The van der Waals surface area contributed by atoms with Gasteiger partial charge in [-0.25, -0.2) is 0 Å². The van der Waals surface area contributed by atoms with E-state index in [9.17, 15) is 0 Å². The number of ether oxygens (including phenoxy) is 1. The number of nitrogens with zero attached hydrogens (tertiary/aromatic N) is 2. The predicted octanol–water partition coefficient (Wildman–Crippen LogP) is 0.811. The summed E-state index contributed by atoms with van der Waals surface area (Å²) in [5, 5.41) is 3.85. The van der Waals surface area contributed by atoms with Crippen LogP contribution in [-0.4, -0.2) is 22.9 Å². The molecule has 0 bridgehead atoms. The molecule has 1 aromatic heterocycles. The predicted molar refractivity (Wildman–Crippen MR) is 49.6 cm³/mol. The van der Waals surface area contributed by atoms with Crippen LogP contribution in [0.2, 0.25) is 0 Å². The second kappa shape index (κ2) is 4.06. The van der Waals surface area contributed by atoms with E-state index < -0.39 is 0 Å². The average molecular weight is 197 g/mol. The van der Waals surface area contributed by atoms with Gasteiger partial charge in [-0.1, -0.05) is 5.16 Å². The molecule has 5 nitrogen and oxygen atoms in total. The molecule has 2 atom stereocenters. The van der Waals surface area contributed by atoms with Gasteiger partial charge in [0, 0.05) is 13.0 Å². The summed E-state index contributed by atoms with van der Waals surface area (Å²) in [6.07, 6.45) is 3.20. The maximum absolute atomic E-state index is 5.61. The third kappa shape index (κ3) is 2.10. The minimum absolute atomic E-state index is 0.194. The standard InChI is InChI=1S/C9H15N3O2/c1-6(10)9-11-8(12-14-9)5-7-3-2-4-13-7/h6-7H,2-5,10H2,1H3/t6-,7?/m0/s1. The third-order valence-electron chi connectivity index (χ3n) is 2.31. The smallest absolute Gasteiger partial charge is 0.243 e. The molecule has 0 saturated carbocycles. The van der Waals surface area contributed by atoms with Gasteiger partial charge in [-0.2, -0.15) is 4.98 Å². The molecular weight excluding hydrogens is 182 g/mol. The first kappa shape index (κ1) is 9.61. The van der Waals surface area contributed by atoms with Gasteiger partial charge in [-0.15, -0.1) is 0 Å². The van der Waals surface area contributed by atoms with E-state index in [1.807, 2.05) is 6.92 Å². The second-order valence-electron chi connectivity index (χ2n) is 3.68. The van der Waals surface area contributed by atoms with Crippen LogP contribution in [0.5, 0.6) is 0 Å². The van der Waals surface area contributed by atoms with Gasteiger partial charge in [-0.05, 0) is 19.8 Å². The maximum Gasteiger partial charge on any atom is 0.243 e. The molecule has 14 heavy (non-hydrogen) atoms. The zero-order valence-electron chi connectivity index (χ0n) is 8.27. The van der Waals surface area contributed by atoms with Crippen LogP contribution in [0.1, 0.15) is 37.5 Å². The van der Waals surface area contributed by atoms with Crippen molar-refractivity contribution in [2.45, 2.75) is 38.3 Å². The zero-order chi connectivity index (χ0) is 9.97. The van der Waals surface area contributed by atoms with E-state index in [1.165, 1.54) is 0 Å². The molecule has 0 aromatic carbocycles. The Labute approximate surface area is 82.6 Å². The van der Waals surface area contributed by atoms with Crippen LogP contribution in [0.25, 0.3) is 0 Å². The fourth-order valence-corrected chi connectivity index (χ4v) is 1.54. The van der Waals surface area contributed by atoms with Gasteiger partial charge >= 0.3 is 0 Å². The molecular formula is C9H15N3O2. The third-order valence-corrected chi connectivity index (χ3v) is 2.31. The summed E-state index contributed by atoms with van der Waals surface area (Å²) in [4.78, 5) is 4.19. The highest BCUT2D eigenvalue weighted by Crippen LogP contribution is 2.16. The fraction of sp³-hybridized carbons (Fsp3) is 0.778. The van der Waals surface area contributed by atoms with Crippen LogP contribution in [0, 0.1) is 0 Å². The Morgan fingerprint density at radius 1 is 1.64 bits per heavy atom. The van der Waals surface area contributed by atoms with Crippen LogP contribution in [0.15, 0.2) is 4.52 Å². The molecule has 1 fully saturated rings. The van der Waals surface area contributed by atoms with Gasteiger partial charge in [0.05, 0.1) is 12.1 Å². The van der Waals surface area contributed by atoms with Crippen molar-refractivity contribution in [2.75, 3.05) is 6.61 Å². The van der Waals surface area contributed by atoms with Crippen molar-refractivity contribution in [3.63, 3.8) is 0 Å². The van der Waals surface area contributed by atoms with Crippen molar-refractivity contribution >= 4 is 0 Å². The van der Waals surface area contributed by atoms with Crippen molar-refractivity contribution in [1.82, 2.24) is 10.1 Å². The van der Waals surface area contributed by atoms with Gasteiger partial charge in [0.15, 0.2) is 5.82 Å². The normalized spacial score (nSPS) is 24.0. The molecule has 5 heteroatoms. The maximum atomic E-state index is 5.61. The summed E-state index contributed by atoms with van der Waals surface area (Å²) in [6.45, 7) is 2.67. The number of rotatable bonds is 3. The number of hydrogen-bond acceptors (Lipinski definition) is 5. The average Bonchev–Trinajstić information content (AvgIpc) is 2.75. The molecule has 2 rings (SSSR count). The Kier molecular flexibility index (Phi) is 2.79. The van der Waals surface area contributed by atoms with Gasteiger partial charge in [0.1, 0.15) is 0 Å². The van der Waals surface area contributed by atoms with Crippen LogP contribution in [0.3, 0.4) is 0 Å². The molecule has 0 amide bonds. The SMILES string of the molecule is C[C@H](N)c1nc(CC2CCCO2)no1. The zero-order valence-corrected chi connectivity index (χ0v) is 8.27. The van der Waals surface area contributed by atoms with Crippen LogP contribution in [0.4, 0.5) is 0 Å². The number of nitrogens with two attached hydrogens (primary N) is 1. The molecule has 78 valence electrons. The summed E-state index contributed by atoms with van der Waals surface area (Å²) in [5.74, 6) is 1.20. The molecule has 2 N–H and O–H groups in total. The van der Waals surface area contributed by atoms with E-state index in [2.05, 4.69) is 10.1 Å². The van der Waals surface area contributed by atoms with Crippen LogP contribution in [-0.2, 0) is 11.2 Å². The number of aromatic nitrogens is 2. The fourth-order valence-electron chi connectivity index (χ4n) is 1.54. The molecule has 1 aromatic rings. The molecule has 0 radical (unpaired) electrons. The van der Waals surface area contributed by atoms with E-state index >= 15 is 0 Å². The van der Waals surface area contributed by atoms with E-state index in [0.29, 0.717) is 11.7 Å². The highest BCUT2D eigenvalue weighted by Gasteiger charge is 2.19. The first-order valence-electron chi connectivity index (χ1n) is 4.95. The number of hydrogen-bond donors (Lipinski definition) is 1. The summed E-state index contributed by atoms with van der Waals surface area (Å²) in [5.41, 5.74) is 5.61. The minimum atomic E-state index is -0.194. The lowest BCUT2D eigenvalue weighted by Crippen LogP contribution is -2.10. The monoisotopic (exact) mass is 197 g/mol. The Morgan fingerprint density at radius 2 is 2.50 bits per heavy atom. The van der Waals surface area contributed by atoms with Crippen molar-refractivity contribution in [3.05, 3.63) is 11.7 Å². The lowest BCUT2D eigenvalue weighted by Gasteiger charge is -2.03. The largest absolute Gasteiger partial charge is 0.378 e. The van der Waals surface area contributed by atoms with E-state index in [-0.39, 0.29) is 12.1 Å². The van der Waals surface area contributed by atoms with Crippen molar-refractivity contribution in [3.8, 4) is 0 Å². The molecule has 0 aliphatic carbocycles. The van der Waals surface area contributed by atoms with Crippen LogP contribution >= 0.6 is 0 Å². The van der Waals surface area contributed by atoms with Gasteiger partial charge in [0.2, 0.25) is 5.89 Å². The van der Waals surface area contributed by atoms with Gasteiger partial charge in [0.25, 0.3) is 0 Å². The summed E-state index contributed by atoms with van der Waals surface area (Å²) >= 11 is 0. The molecule has 1 aliphatic rings. The molecule has 1 saturated heterocycles. The first-order chi connectivity index (χ1) is 6.75. The van der Waals surface area contributed by atoms with Gasteiger partial charge < -0.3 is 15.0 Å². The highest BCUT2D eigenvalue weighted by atomic mass is 16.5. The molecule has 2 heterocycles. The van der Waals surface area contributed by atoms with E-state index in [1.54, 1.807) is 0 Å². The summed E-state index contributed by atoms with van der Waals surface area (Å²) < 4.78 is 10.5. The Morgan fingerprint density at radius 3 is 3.07 bits per heavy atom. The van der Waals surface area contributed by atoms with Crippen molar-refractivity contribution in [1.29, 1.82) is 0 Å². The quantitative estimate of drug-likeness (QED) is 0.776. The second-order valence-corrected chi connectivity index (χ2v) is 3.68. The Hall–Kier alpha value is -0.940. The first-order valence-corrected chi connectivity index (χ1v) is 4.95. The van der Waals surface area contributed by atoms with Crippen molar-refractivity contribution < 1.29 is 9.26 Å². The Balaban J connectivity index is 1.95. The van der Waals surface area contributed by atoms with E-state index in [0.717, 1.165) is 25.9 Å². The lowest BCUT2D eigenvalue weighted by atomic mass is 10.2. The molecule has 1 unspecified atom stereocenters. The molecule has 0 spiro atoms. The minimum Gasteiger partial charge on any atom is -0.378 e. The molecule has 1 aliphatic heterocycles. The summed E-state index contributed by atoms with van der Waals surface area (Å²) in [6, 6.07) is -0.194. The van der Waals surface area contributed by atoms with E-state index in [4.69, 9.17) is 15.0 Å². The topological polar surface area (TPSA) is 74.2 Å². The Bertz CT molecular complexity index is 292.